The first kappa shape index (κ1) is 15.0. The van der Waals surface area contributed by atoms with E-state index in [4.69, 9.17) is 15.7 Å². The lowest BCUT2D eigenvalue weighted by Crippen LogP contribution is -2.29. The van der Waals surface area contributed by atoms with Crippen molar-refractivity contribution in [3.05, 3.63) is 65.0 Å². The molecule has 0 heterocycles. The average Bonchev–Trinajstić information content (AvgIpc) is 2.45. The van der Waals surface area contributed by atoms with Crippen LogP contribution in [0.2, 0.25) is 0 Å². The van der Waals surface area contributed by atoms with Crippen molar-refractivity contribution < 1.29 is 9.13 Å². The monoisotopic (exact) mass is 284 g/mol. The van der Waals surface area contributed by atoms with E-state index in [1.165, 1.54) is 12.1 Å². The average molecular weight is 284 g/mol. The van der Waals surface area contributed by atoms with Gasteiger partial charge in [0, 0.05) is 12.1 Å². The van der Waals surface area contributed by atoms with Crippen LogP contribution in [-0.4, -0.2) is 6.04 Å². The minimum absolute atomic E-state index is 0.00408. The molecule has 0 fully saturated rings. The molecule has 108 valence electrons. The molecule has 3 nitrogen and oxygen atoms in total. The van der Waals surface area contributed by atoms with Gasteiger partial charge in [0.05, 0.1) is 5.56 Å². The molecular weight excluding hydrogens is 267 g/mol. The van der Waals surface area contributed by atoms with Gasteiger partial charge in [-0.25, -0.2) is 4.39 Å². The fraction of sp³-hybridized carbons (Fsp3) is 0.235. The predicted molar refractivity (Wildman–Crippen MR) is 79.3 cm³/mol. The van der Waals surface area contributed by atoms with Crippen LogP contribution in [-0.2, 0) is 0 Å². The van der Waals surface area contributed by atoms with E-state index in [1.54, 1.807) is 12.1 Å². The number of ether oxygens (including phenoxy) is 1. The number of nitriles is 1. The zero-order valence-corrected chi connectivity index (χ0v) is 12.0. The topological polar surface area (TPSA) is 59.0 Å². The number of aryl methyl sites for hydroxylation is 1. The Hall–Kier alpha value is -2.38. The molecule has 0 bridgehead atoms. The first-order valence-corrected chi connectivity index (χ1v) is 6.70. The van der Waals surface area contributed by atoms with Crippen LogP contribution in [0.5, 0.6) is 5.75 Å². The molecule has 0 amide bonds. The molecular formula is C17H17FN2O. The van der Waals surface area contributed by atoms with E-state index in [1.807, 2.05) is 38.1 Å². The molecule has 2 aromatic rings. The standard InChI is InChI=1S/C17H17FN2O/c1-11-5-3-4-6-15(11)17(12(2)20)21-14-8-7-13(10-19)16(18)9-14/h3-9,12,17H,20H2,1-2H3. The Bertz CT molecular complexity index is 677. The summed E-state index contributed by atoms with van der Waals surface area (Å²) in [4.78, 5) is 0. The quantitative estimate of drug-likeness (QED) is 0.935. The number of rotatable bonds is 4. The Morgan fingerprint density at radius 3 is 2.52 bits per heavy atom. The maximum atomic E-state index is 13.6. The van der Waals surface area contributed by atoms with Gasteiger partial charge in [-0.05, 0) is 37.1 Å². The minimum atomic E-state index is -0.594. The highest BCUT2D eigenvalue weighted by atomic mass is 19.1. The van der Waals surface area contributed by atoms with E-state index in [0.29, 0.717) is 5.75 Å². The van der Waals surface area contributed by atoms with Gasteiger partial charge in [-0.3, -0.25) is 0 Å². The van der Waals surface area contributed by atoms with Crippen molar-refractivity contribution in [1.29, 1.82) is 5.26 Å². The van der Waals surface area contributed by atoms with E-state index in [9.17, 15) is 4.39 Å². The summed E-state index contributed by atoms with van der Waals surface area (Å²) in [5.74, 6) is -0.236. The normalized spacial score (nSPS) is 13.3. The smallest absolute Gasteiger partial charge is 0.144 e. The van der Waals surface area contributed by atoms with Gasteiger partial charge in [-0.1, -0.05) is 24.3 Å². The second kappa shape index (κ2) is 6.38. The highest BCUT2D eigenvalue weighted by molar-refractivity contribution is 5.37. The highest BCUT2D eigenvalue weighted by Gasteiger charge is 2.20. The van der Waals surface area contributed by atoms with Gasteiger partial charge in [-0.2, -0.15) is 5.26 Å². The summed E-state index contributed by atoms with van der Waals surface area (Å²) < 4.78 is 19.5. The molecule has 21 heavy (non-hydrogen) atoms. The van der Waals surface area contributed by atoms with Gasteiger partial charge in [0.1, 0.15) is 23.7 Å². The van der Waals surface area contributed by atoms with E-state index in [-0.39, 0.29) is 17.7 Å². The highest BCUT2D eigenvalue weighted by Crippen LogP contribution is 2.27. The van der Waals surface area contributed by atoms with Crippen LogP contribution >= 0.6 is 0 Å². The number of nitrogens with zero attached hydrogens (tertiary/aromatic N) is 1. The SMILES string of the molecule is Cc1ccccc1C(Oc1ccc(C#N)c(F)c1)C(C)N. The third-order valence-corrected chi connectivity index (χ3v) is 3.30. The third-order valence-electron chi connectivity index (χ3n) is 3.30. The Morgan fingerprint density at radius 1 is 1.24 bits per heavy atom. The largest absolute Gasteiger partial charge is 0.484 e. The Labute approximate surface area is 123 Å². The molecule has 2 N–H and O–H groups in total. The summed E-state index contributed by atoms with van der Waals surface area (Å²) in [7, 11) is 0. The zero-order valence-electron chi connectivity index (χ0n) is 12.0. The lowest BCUT2D eigenvalue weighted by Gasteiger charge is -2.24. The molecule has 0 aromatic heterocycles. The predicted octanol–water partition coefficient (Wildman–Crippen LogP) is 3.47. The van der Waals surface area contributed by atoms with E-state index >= 15 is 0 Å². The van der Waals surface area contributed by atoms with Gasteiger partial charge in [0.25, 0.3) is 0 Å². The van der Waals surface area contributed by atoms with Gasteiger partial charge < -0.3 is 10.5 Å². The Kier molecular flexibility index (Phi) is 4.56. The Balaban J connectivity index is 2.32. The first-order chi connectivity index (χ1) is 10.0. The molecule has 2 atom stereocenters. The van der Waals surface area contributed by atoms with Crippen molar-refractivity contribution in [1.82, 2.24) is 0 Å². The number of hydrogen-bond donors (Lipinski definition) is 1. The summed E-state index contributed by atoms with van der Waals surface area (Å²) >= 11 is 0. The van der Waals surface area contributed by atoms with Crippen LogP contribution in [0.4, 0.5) is 4.39 Å². The number of halogens is 1. The Morgan fingerprint density at radius 2 is 1.95 bits per heavy atom. The lowest BCUT2D eigenvalue weighted by atomic mass is 9.99. The van der Waals surface area contributed by atoms with Crippen LogP contribution in [0.15, 0.2) is 42.5 Å². The molecule has 2 unspecified atom stereocenters. The molecule has 2 rings (SSSR count). The van der Waals surface area contributed by atoms with Crippen LogP contribution in [0.25, 0.3) is 0 Å². The van der Waals surface area contributed by atoms with Crippen LogP contribution < -0.4 is 10.5 Å². The minimum Gasteiger partial charge on any atom is -0.484 e. The lowest BCUT2D eigenvalue weighted by molar-refractivity contribution is 0.179. The fourth-order valence-electron chi connectivity index (χ4n) is 2.17. The fourth-order valence-corrected chi connectivity index (χ4v) is 2.17. The van der Waals surface area contributed by atoms with Crippen molar-refractivity contribution in [2.24, 2.45) is 5.73 Å². The third kappa shape index (κ3) is 3.39. The molecule has 0 aliphatic heterocycles. The van der Waals surface area contributed by atoms with Crippen LogP contribution in [0, 0.1) is 24.1 Å². The van der Waals surface area contributed by atoms with E-state index in [0.717, 1.165) is 11.1 Å². The molecule has 2 aromatic carbocycles. The number of hydrogen-bond acceptors (Lipinski definition) is 3. The molecule has 4 heteroatoms. The molecule has 0 aliphatic carbocycles. The first-order valence-electron chi connectivity index (χ1n) is 6.70. The molecule has 0 aliphatic rings. The van der Waals surface area contributed by atoms with Crippen LogP contribution in [0.3, 0.4) is 0 Å². The summed E-state index contributed by atoms with van der Waals surface area (Å²) in [6.45, 7) is 3.82. The summed E-state index contributed by atoms with van der Waals surface area (Å²) in [6.07, 6.45) is -0.376. The second-order valence-corrected chi connectivity index (χ2v) is 5.01. The molecule has 0 saturated carbocycles. The van der Waals surface area contributed by atoms with Gasteiger partial charge in [-0.15, -0.1) is 0 Å². The van der Waals surface area contributed by atoms with E-state index in [2.05, 4.69) is 0 Å². The van der Waals surface area contributed by atoms with Crippen molar-refractivity contribution in [3.63, 3.8) is 0 Å². The van der Waals surface area contributed by atoms with Crippen molar-refractivity contribution in [2.45, 2.75) is 26.0 Å². The van der Waals surface area contributed by atoms with Crippen molar-refractivity contribution in [2.75, 3.05) is 0 Å². The van der Waals surface area contributed by atoms with Gasteiger partial charge in [0.15, 0.2) is 0 Å². The summed E-state index contributed by atoms with van der Waals surface area (Å²) in [5, 5.41) is 8.74. The van der Waals surface area contributed by atoms with Gasteiger partial charge >= 0.3 is 0 Å². The number of benzene rings is 2. The second-order valence-electron chi connectivity index (χ2n) is 5.01. The molecule has 0 saturated heterocycles. The maximum Gasteiger partial charge on any atom is 0.144 e. The summed E-state index contributed by atoms with van der Waals surface area (Å²) in [6, 6.07) is 13.5. The molecule has 0 radical (unpaired) electrons. The maximum absolute atomic E-state index is 13.6. The van der Waals surface area contributed by atoms with Gasteiger partial charge in [0.2, 0.25) is 0 Å². The molecule has 0 spiro atoms. The van der Waals surface area contributed by atoms with Crippen molar-refractivity contribution >= 4 is 0 Å². The van der Waals surface area contributed by atoms with Crippen LogP contribution in [0.1, 0.15) is 29.7 Å². The van der Waals surface area contributed by atoms with E-state index < -0.39 is 5.82 Å². The number of nitrogens with two attached hydrogens (primary N) is 1. The zero-order chi connectivity index (χ0) is 15.4. The van der Waals surface area contributed by atoms with Crippen molar-refractivity contribution in [3.8, 4) is 11.8 Å². The summed E-state index contributed by atoms with van der Waals surface area (Å²) in [5.41, 5.74) is 8.04.